The number of hydrogen-bond donors (Lipinski definition) is 1. The Morgan fingerprint density at radius 2 is 2.25 bits per heavy atom. The Hall–Kier alpha value is -1.89. The average molecular weight is 295 g/mol. The number of halogens is 1. The molecule has 0 saturated carbocycles. The second kappa shape index (κ2) is 6.51. The molecule has 1 aromatic heterocycles. The standard InChI is InChI=1S/C13H14FN3O2S/c1-8(10-5-3-4-6-11(10)14)20-7-12(18)16-13-15-9(2)17-19-13/h3-6,8H,7H2,1-2H3,(H,15,16,17,18)/t8-/m1/s1. The normalized spacial score (nSPS) is 12.2. The lowest BCUT2D eigenvalue weighted by Gasteiger charge is -2.11. The van der Waals surface area contributed by atoms with Crippen LogP contribution >= 0.6 is 11.8 Å². The topological polar surface area (TPSA) is 68.0 Å². The predicted octanol–water partition coefficient (Wildman–Crippen LogP) is 2.95. The van der Waals surface area contributed by atoms with E-state index in [4.69, 9.17) is 4.52 Å². The summed E-state index contributed by atoms with van der Waals surface area (Å²) in [6, 6.07) is 6.61. The van der Waals surface area contributed by atoms with Crippen molar-refractivity contribution in [2.75, 3.05) is 11.1 Å². The fourth-order valence-corrected chi connectivity index (χ4v) is 2.44. The maximum atomic E-state index is 13.6. The Kier molecular flexibility index (Phi) is 4.73. The summed E-state index contributed by atoms with van der Waals surface area (Å²) >= 11 is 1.34. The zero-order valence-corrected chi connectivity index (χ0v) is 11.9. The van der Waals surface area contributed by atoms with Gasteiger partial charge in [-0.25, -0.2) is 4.39 Å². The zero-order valence-electron chi connectivity index (χ0n) is 11.1. The smallest absolute Gasteiger partial charge is 0.315 e. The first kappa shape index (κ1) is 14.5. The van der Waals surface area contributed by atoms with E-state index in [1.807, 2.05) is 6.92 Å². The fraction of sp³-hybridized carbons (Fsp3) is 0.308. The van der Waals surface area contributed by atoms with Gasteiger partial charge in [0.05, 0.1) is 5.75 Å². The molecule has 2 aromatic rings. The molecule has 1 aromatic carbocycles. The molecule has 0 unspecified atom stereocenters. The van der Waals surface area contributed by atoms with Crippen LogP contribution in [0.3, 0.4) is 0 Å². The molecule has 5 nitrogen and oxygen atoms in total. The average Bonchev–Trinajstić information content (AvgIpc) is 2.82. The third kappa shape index (κ3) is 3.80. The van der Waals surface area contributed by atoms with Crippen LogP contribution in [0.15, 0.2) is 28.8 Å². The molecule has 0 aliphatic heterocycles. The van der Waals surface area contributed by atoms with Gasteiger partial charge in [-0.15, -0.1) is 11.8 Å². The van der Waals surface area contributed by atoms with E-state index in [0.29, 0.717) is 11.4 Å². The van der Waals surface area contributed by atoms with E-state index in [0.717, 1.165) is 0 Å². The van der Waals surface area contributed by atoms with E-state index < -0.39 is 0 Å². The van der Waals surface area contributed by atoms with Crippen LogP contribution in [0.5, 0.6) is 0 Å². The Labute approximate surface area is 119 Å². The quantitative estimate of drug-likeness (QED) is 0.918. The van der Waals surface area contributed by atoms with E-state index in [-0.39, 0.29) is 28.7 Å². The first-order valence-electron chi connectivity index (χ1n) is 6.02. The van der Waals surface area contributed by atoms with Gasteiger partial charge in [-0.2, -0.15) is 4.98 Å². The Morgan fingerprint density at radius 3 is 2.90 bits per heavy atom. The molecule has 0 saturated heterocycles. The van der Waals surface area contributed by atoms with Gasteiger partial charge in [0, 0.05) is 10.8 Å². The van der Waals surface area contributed by atoms with Crippen LogP contribution in [0.1, 0.15) is 23.6 Å². The summed E-state index contributed by atoms with van der Waals surface area (Å²) in [5.41, 5.74) is 0.582. The number of rotatable bonds is 5. The molecule has 0 bridgehead atoms. The molecule has 1 atom stereocenters. The number of amides is 1. The Bertz CT molecular complexity index is 603. The molecule has 20 heavy (non-hydrogen) atoms. The van der Waals surface area contributed by atoms with Gasteiger partial charge >= 0.3 is 6.01 Å². The maximum absolute atomic E-state index is 13.6. The van der Waals surface area contributed by atoms with Crippen LogP contribution in [0.4, 0.5) is 10.4 Å². The highest BCUT2D eigenvalue weighted by Crippen LogP contribution is 2.29. The third-order valence-corrected chi connectivity index (χ3v) is 3.76. The van der Waals surface area contributed by atoms with Gasteiger partial charge in [0.15, 0.2) is 5.82 Å². The number of nitrogens with one attached hydrogen (secondary N) is 1. The van der Waals surface area contributed by atoms with Crippen molar-refractivity contribution in [3.05, 3.63) is 41.5 Å². The van der Waals surface area contributed by atoms with Crippen molar-refractivity contribution in [2.45, 2.75) is 19.1 Å². The number of thioether (sulfide) groups is 1. The lowest BCUT2D eigenvalue weighted by molar-refractivity contribution is -0.114. The molecular formula is C13H14FN3O2S. The second-order valence-corrected chi connectivity index (χ2v) is 5.50. The van der Waals surface area contributed by atoms with Gasteiger partial charge in [0.25, 0.3) is 0 Å². The number of carbonyl (C=O) groups is 1. The molecule has 0 radical (unpaired) electrons. The molecule has 1 heterocycles. The number of anilines is 1. The summed E-state index contributed by atoms with van der Waals surface area (Å²) in [6.07, 6.45) is 0. The number of hydrogen-bond acceptors (Lipinski definition) is 5. The van der Waals surface area contributed by atoms with Crippen LogP contribution in [0.2, 0.25) is 0 Å². The van der Waals surface area contributed by atoms with Gasteiger partial charge in [0.2, 0.25) is 5.91 Å². The lowest BCUT2D eigenvalue weighted by atomic mass is 10.1. The Balaban J connectivity index is 1.85. The minimum Gasteiger partial charge on any atom is -0.315 e. The van der Waals surface area contributed by atoms with Crippen molar-refractivity contribution < 1.29 is 13.7 Å². The molecule has 0 aliphatic carbocycles. The minimum atomic E-state index is -0.263. The monoisotopic (exact) mass is 295 g/mol. The largest absolute Gasteiger partial charge is 0.328 e. The lowest BCUT2D eigenvalue weighted by Crippen LogP contribution is -2.15. The maximum Gasteiger partial charge on any atom is 0.328 e. The zero-order chi connectivity index (χ0) is 14.5. The van der Waals surface area contributed by atoms with Crippen molar-refractivity contribution in [1.29, 1.82) is 0 Å². The van der Waals surface area contributed by atoms with Crippen molar-refractivity contribution >= 4 is 23.7 Å². The highest BCUT2D eigenvalue weighted by Gasteiger charge is 2.14. The van der Waals surface area contributed by atoms with Gasteiger partial charge in [-0.1, -0.05) is 23.4 Å². The summed E-state index contributed by atoms with van der Waals surface area (Å²) in [7, 11) is 0. The van der Waals surface area contributed by atoms with E-state index in [1.54, 1.807) is 25.1 Å². The molecule has 0 spiro atoms. The highest BCUT2D eigenvalue weighted by molar-refractivity contribution is 8.00. The second-order valence-electron chi connectivity index (χ2n) is 4.17. The number of aromatic nitrogens is 2. The molecule has 7 heteroatoms. The van der Waals surface area contributed by atoms with Gasteiger partial charge < -0.3 is 4.52 Å². The summed E-state index contributed by atoms with van der Waals surface area (Å²) in [4.78, 5) is 15.6. The molecule has 0 fully saturated rings. The predicted molar refractivity (Wildman–Crippen MR) is 74.9 cm³/mol. The minimum absolute atomic E-state index is 0.0756. The van der Waals surface area contributed by atoms with E-state index in [2.05, 4.69) is 15.5 Å². The Morgan fingerprint density at radius 1 is 1.50 bits per heavy atom. The van der Waals surface area contributed by atoms with Gasteiger partial charge in [-0.3, -0.25) is 10.1 Å². The van der Waals surface area contributed by atoms with Crippen LogP contribution in [0.25, 0.3) is 0 Å². The first-order valence-corrected chi connectivity index (χ1v) is 7.07. The van der Waals surface area contributed by atoms with Gasteiger partial charge in [0.1, 0.15) is 5.82 Å². The van der Waals surface area contributed by atoms with Crippen LogP contribution < -0.4 is 5.32 Å². The SMILES string of the molecule is Cc1noc(NC(=O)CS[C@H](C)c2ccccc2F)n1. The number of aryl methyl sites for hydroxylation is 1. The number of carbonyl (C=O) groups excluding carboxylic acids is 1. The van der Waals surface area contributed by atoms with Crippen molar-refractivity contribution in [3.8, 4) is 0 Å². The summed E-state index contributed by atoms with van der Waals surface area (Å²) < 4.78 is 18.4. The molecule has 106 valence electrons. The van der Waals surface area contributed by atoms with E-state index >= 15 is 0 Å². The molecule has 0 aliphatic rings. The highest BCUT2D eigenvalue weighted by atomic mass is 32.2. The summed E-state index contributed by atoms with van der Waals surface area (Å²) in [5.74, 6) is 0.103. The van der Waals surface area contributed by atoms with Crippen molar-refractivity contribution in [2.24, 2.45) is 0 Å². The van der Waals surface area contributed by atoms with Crippen LogP contribution in [0, 0.1) is 12.7 Å². The van der Waals surface area contributed by atoms with E-state index in [1.165, 1.54) is 17.8 Å². The molecule has 1 amide bonds. The molecule has 2 rings (SSSR count). The summed E-state index contributed by atoms with van der Waals surface area (Å²) in [5, 5.41) is 5.94. The number of nitrogens with zero attached hydrogens (tertiary/aromatic N) is 2. The fourth-order valence-electron chi connectivity index (χ4n) is 1.60. The van der Waals surface area contributed by atoms with Crippen LogP contribution in [-0.4, -0.2) is 21.8 Å². The van der Waals surface area contributed by atoms with Gasteiger partial charge in [-0.05, 0) is 19.9 Å². The van der Waals surface area contributed by atoms with E-state index in [9.17, 15) is 9.18 Å². The third-order valence-electron chi connectivity index (χ3n) is 2.58. The first-order chi connectivity index (χ1) is 9.56. The van der Waals surface area contributed by atoms with Crippen molar-refractivity contribution in [3.63, 3.8) is 0 Å². The molecule has 1 N–H and O–H groups in total. The van der Waals surface area contributed by atoms with Crippen molar-refractivity contribution in [1.82, 2.24) is 10.1 Å². The number of benzene rings is 1. The van der Waals surface area contributed by atoms with Crippen LogP contribution in [-0.2, 0) is 4.79 Å². The summed E-state index contributed by atoms with van der Waals surface area (Å²) in [6.45, 7) is 3.52. The molecular weight excluding hydrogens is 281 g/mol.